The minimum absolute atomic E-state index is 0.124. The van der Waals surface area contributed by atoms with Crippen LogP contribution in [0.4, 0.5) is 5.69 Å². The van der Waals surface area contributed by atoms with E-state index in [0.29, 0.717) is 11.3 Å². The number of anilines is 1. The van der Waals surface area contributed by atoms with Gasteiger partial charge in [0, 0.05) is 16.8 Å². The number of nitrogens with zero attached hydrogens (tertiary/aromatic N) is 1. The monoisotopic (exact) mass is 288 g/mol. The van der Waals surface area contributed by atoms with Crippen LogP contribution in [0.25, 0.3) is 10.8 Å². The Morgan fingerprint density at radius 2 is 2.06 bits per heavy atom. The van der Waals surface area contributed by atoms with Crippen molar-refractivity contribution in [2.24, 2.45) is 0 Å². The summed E-state index contributed by atoms with van der Waals surface area (Å²) in [5.74, 6) is -0.124. The molecular weight excluding hydrogens is 280 g/mol. The van der Waals surface area contributed by atoms with Crippen LogP contribution in [0.1, 0.15) is 12.5 Å². The van der Waals surface area contributed by atoms with E-state index in [9.17, 15) is 4.79 Å². The quantitative estimate of drug-likeness (QED) is 0.874. The zero-order valence-electron chi connectivity index (χ0n) is 9.12. The fraction of sp³-hybridized carbons (Fsp3) is 0.0769. The summed E-state index contributed by atoms with van der Waals surface area (Å²) in [7, 11) is 0. The molecule has 0 aromatic heterocycles. The summed E-state index contributed by atoms with van der Waals surface area (Å²) in [4.78, 5) is 11.0. The average Bonchev–Trinajstić information content (AvgIpc) is 2.31. The largest absolute Gasteiger partial charge is 0.325 e. The number of carbonyl (C=O) groups excluding carboxylic acids is 1. The Kier molecular flexibility index (Phi) is 3.12. The molecule has 0 spiro atoms. The molecule has 1 amide bonds. The Hall–Kier alpha value is -1.86. The Balaban J connectivity index is 2.69. The summed E-state index contributed by atoms with van der Waals surface area (Å²) in [6, 6.07) is 11.3. The Bertz CT molecular complexity index is 644. The van der Waals surface area contributed by atoms with E-state index < -0.39 is 0 Å². The standard InChI is InChI=1S/C13H9BrN2O/c1-8(17)16-12-6-5-10-9(7-15)3-2-4-11(10)13(12)14/h2-6H,1H3,(H,16,17). The second-order valence-electron chi connectivity index (χ2n) is 3.62. The van der Waals surface area contributed by atoms with Crippen LogP contribution in [-0.2, 0) is 4.79 Å². The summed E-state index contributed by atoms with van der Waals surface area (Å²) >= 11 is 3.45. The number of hydrogen-bond donors (Lipinski definition) is 1. The van der Waals surface area contributed by atoms with E-state index in [4.69, 9.17) is 5.26 Å². The average molecular weight is 289 g/mol. The van der Waals surface area contributed by atoms with Crippen molar-refractivity contribution in [3.8, 4) is 6.07 Å². The first kappa shape index (κ1) is 11.6. The van der Waals surface area contributed by atoms with Crippen molar-refractivity contribution in [2.45, 2.75) is 6.92 Å². The number of nitrogens with one attached hydrogen (secondary N) is 1. The number of fused-ring (bicyclic) bond motifs is 1. The summed E-state index contributed by atoms with van der Waals surface area (Å²) in [5.41, 5.74) is 1.33. The van der Waals surface area contributed by atoms with Crippen molar-refractivity contribution in [3.05, 3.63) is 40.4 Å². The molecule has 0 radical (unpaired) electrons. The first-order valence-electron chi connectivity index (χ1n) is 5.02. The third-order valence-electron chi connectivity index (χ3n) is 2.43. The maximum absolute atomic E-state index is 11.0. The van der Waals surface area contributed by atoms with Crippen LogP contribution in [0.2, 0.25) is 0 Å². The lowest BCUT2D eigenvalue weighted by Crippen LogP contribution is -2.06. The van der Waals surface area contributed by atoms with Crippen LogP contribution < -0.4 is 5.32 Å². The molecule has 2 aromatic carbocycles. The Morgan fingerprint density at radius 1 is 1.29 bits per heavy atom. The van der Waals surface area contributed by atoms with E-state index in [1.807, 2.05) is 18.2 Å². The highest BCUT2D eigenvalue weighted by molar-refractivity contribution is 9.10. The third-order valence-corrected chi connectivity index (χ3v) is 3.28. The molecule has 0 bridgehead atoms. The number of rotatable bonds is 1. The van der Waals surface area contributed by atoms with Gasteiger partial charge in [0.1, 0.15) is 0 Å². The predicted octanol–water partition coefficient (Wildman–Crippen LogP) is 3.43. The summed E-state index contributed by atoms with van der Waals surface area (Å²) in [6.07, 6.45) is 0. The Labute approximate surface area is 107 Å². The van der Waals surface area contributed by atoms with Gasteiger partial charge in [0.05, 0.1) is 17.3 Å². The van der Waals surface area contributed by atoms with Gasteiger partial charge in [0.15, 0.2) is 0 Å². The lowest BCUT2D eigenvalue weighted by molar-refractivity contribution is -0.114. The molecule has 0 aliphatic rings. The first-order valence-corrected chi connectivity index (χ1v) is 5.81. The fourth-order valence-electron chi connectivity index (χ4n) is 1.70. The second kappa shape index (κ2) is 4.56. The maximum atomic E-state index is 11.0. The number of nitriles is 1. The summed E-state index contributed by atoms with van der Waals surface area (Å²) < 4.78 is 0.794. The van der Waals surface area contributed by atoms with Gasteiger partial charge in [0.2, 0.25) is 5.91 Å². The van der Waals surface area contributed by atoms with Crippen LogP contribution in [0.5, 0.6) is 0 Å². The van der Waals surface area contributed by atoms with Gasteiger partial charge < -0.3 is 5.32 Å². The molecule has 2 aromatic rings. The van der Waals surface area contributed by atoms with Gasteiger partial charge in [0.25, 0.3) is 0 Å². The van der Waals surface area contributed by atoms with Gasteiger partial charge in [-0.2, -0.15) is 5.26 Å². The zero-order valence-corrected chi connectivity index (χ0v) is 10.7. The van der Waals surface area contributed by atoms with Gasteiger partial charge >= 0.3 is 0 Å². The Morgan fingerprint density at radius 3 is 2.71 bits per heavy atom. The molecule has 84 valence electrons. The van der Waals surface area contributed by atoms with E-state index >= 15 is 0 Å². The van der Waals surface area contributed by atoms with Gasteiger partial charge in [-0.25, -0.2) is 0 Å². The zero-order chi connectivity index (χ0) is 12.4. The molecule has 3 nitrogen and oxygen atoms in total. The maximum Gasteiger partial charge on any atom is 0.221 e. The van der Waals surface area contributed by atoms with Crippen LogP contribution in [0, 0.1) is 11.3 Å². The van der Waals surface area contributed by atoms with Crippen LogP contribution >= 0.6 is 15.9 Å². The van der Waals surface area contributed by atoms with Crippen molar-refractivity contribution in [1.82, 2.24) is 0 Å². The molecule has 0 atom stereocenters. The number of halogens is 1. The number of hydrogen-bond acceptors (Lipinski definition) is 2. The number of amides is 1. The van der Waals surface area contributed by atoms with Crippen LogP contribution in [-0.4, -0.2) is 5.91 Å². The molecule has 0 fully saturated rings. The predicted molar refractivity (Wildman–Crippen MR) is 70.7 cm³/mol. The summed E-state index contributed by atoms with van der Waals surface area (Å²) in [5, 5.41) is 13.5. The van der Waals surface area contributed by atoms with Crippen molar-refractivity contribution < 1.29 is 4.79 Å². The highest BCUT2D eigenvalue weighted by Gasteiger charge is 2.08. The van der Waals surface area contributed by atoms with E-state index in [1.165, 1.54) is 6.92 Å². The normalized spacial score (nSPS) is 9.94. The molecule has 0 aliphatic carbocycles. The van der Waals surface area contributed by atoms with Gasteiger partial charge in [-0.05, 0) is 33.4 Å². The number of carbonyl (C=O) groups is 1. The number of benzene rings is 2. The molecule has 0 saturated heterocycles. The highest BCUT2D eigenvalue weighted by atomic mass is 79.9. The molecule has 0 aliphatic heterocycles. The SMILES string of the molecule is CC(=O)Nc1ccc2c(C#N)cccc2c1Br. The van der Waals surface area contributed by atoms with E-state index in [-0.39, 0.29) is 5.91 Å². The molecular formula is C13H9BrN2O. The van der Waals surface area contributed by atoms with Crippen LogP contribution in [0.3, 0.4) is 0 Å². The molecule has 17 heavy (non-hydrogen) atoms. The first-order chi connectivity index (χ1) is 8.13. The van der Waals surface area contributed by atoms with Crippen molar-refractivity contribution in [2.75, 3.05) is 5.32 Å². The molecule has 4 heteroatoms. The lowest BCUT2D eigenvalue weighted by Gasteiger charge is -2.09. The fourth-order valence-corrected chi connectivity index (χ4v) is 2.28. The minimum Gasteiger partial charge on any atom is -0.325 e. The second-order valence-corrected chi connectivity index (χ2v) is 4.41. The van der Waals surface area contributed by atoms with Gasteiger partial charge in [-0.15, -0.1) is 0 Å². The topological polar surface area (TPSA) is 52.9 Å². The van der Waals surface area contributed by atoms with E-state index in [1.54, 1.807) is 12.1 Å². The molecule has 0 unspecified atom stereocenters. The van der Waals surface area contributed by atoms with Gasteiger partial charge in [-0.1, -0.05) is 18.2 Å². The molecule has 0 saturated carbocycles. The summed E-state index contributed by atoms with van der Waals surface area (Å²) in [6.45, 7) is 1.46. The van der Waals surface area contributed by atoms with Crippen LogP contribution in [0.15, 0.2) is 34.8 Å². The smallest absolute Gasteiger partial charge is 0.221 e. The van der Waals surface area contributed by atoms with E-state index in [0.717, 1.165) is 15.2 Å². The van der Waals surface area contributed by atoms with Crippen molar-refractivity contribution in [1.29, 1.82) is 5.26 Å². The van der Waals surface area contributed by atoms with Crippen molar-refractivity contribution >= 4 is 38.3 Å². The minimum atomic E-state index is -0.124. The van der Waals surface area contributed by atoms with Gasteiger partial charge in [-0.3, -0.25) is 4.79 Å². The molecule has 1 N–H and O–H groups in total. The van der Waals surface area contributed by atoms with Crippen molar-refractivity contribution in [3.63, 3.8) is 0 Å². The molecule has 0 heterocycles. The highest BCUT2D eigenvalue weighted by Crippen LogP contribution is 2.32. The molecule has 2 rings (SSSR count). The lowest BCUT2D eigenvalue weighted by atomic mass is 10.0. The van der Waals surface area contributed by atoms with E-state index in [2.05, 4.69) is 27.3 Å². The third kappa shape index (κ3) is 2.15.